The van der Waals surface area contributed by atoms with E-state index in [0.29, 0.717) is 0 Å². The molecule has 4 heterocycles. The number of hydrogen-bond donors (Lipinski definition) is 3. The molecule has 0 unspecified atom stereocenters. The van der Waals surface area contributed by atoms with Gasteiger partial charge in [-0.3, -0.25) is 15.1 Å². The van der Waals surface area contributed by atoms with Crippen molar-refractivity contribution in [3.63, 3.8) is 0 Å². The van der Waals surface area contributed by atoms with Crippen LogP contribution in [0.2, 0.25) is 0 Å². The summed E-state index contributed by atoms with van der Waals surface area (Å²) in [5, 5.41) is 12.3. The Morgan fingerprint density at radius 1 is 0.938 bits per heavy atom. The molecule has 5 aromatic rings. The van der Waals surface area contributed by atoms with Crippen molar-refractivity contribution >= 4 is 21.9 Å². The Hall–Kier alpha value is -3.58. The van der Waals surface area contributed by atoms with Gasteiger partial charge in [0.15, 0.2) is 5.82 Å². The lowest BCUT2D eigenvalue weighted by Crippen LogP contribution is -2.20. The first-order valence-electron chi connectivity index (χ1n) is 11.3. The summed E-state index contributed by atoms with van der Waals surface area (Å²) in [6.07, 6.45) is 12.9. The number of aromatic amines is 2. The maximum Gasteiger partial charge on any atom is 0.159 e. The predicted octanol–water partition coefficient (Wildman–Crippen LogP) is 4.84. The summed E-state index contributed by atoms with van der Waals surface area (Å²) in [6, 6.07) is 10.5. The Balaban J connectivity index is 1.28. The van der Waals surface area contributed by atoms with Gasteiger partial charge >= 0.3 is 0 Å². The fraction of sp³-hybridized carbons (Fsp3) is 0.280. The summed E-state index contributed by atoms with van der Waals surface area (Å²) in [6.45, 7) is 1.95. The van der Waals surface area contributed by atoms with Crippen LogP contribution in [-0.4, -0.2) is 36.7 Å². The van der Waals surface area contributed by atoms with Gasteiger partial charge in [0.05, 0.1) is 22.7 Å². The van der Waals surface area contributed by atoms with Crippen LogP contribution in [0.4, 0.5) is 0 Å². The molecule has 0 saturated heterocycles. The van der Waals surface area contributed by atoms with Crippen molar-refractivity contribution in [2.75, 3.05) is 6.54 Å². The molecule has 7 heteroatoms. The second-order valence-corrected chi connectivity index (χ2v) is 8.67. The lowest BCUT2D eigenvalue weighted by Gasteiger charge is -2.11. The molecule has 0 radical (unpaired) electrons. The SMILES string of the molecule is c1cc2nc(-c3n[nH]c4ccc(-c5cncc(CNCC6CCCC6)c5)cc34)[nH]c2cn1. The Labute approximate surface area is 185 Å². The summed E-state index contributed by atoms with van der Waals surface area (Å²) in [7, 11) is 0. The summed E-state index contributed by atoms with van der Waals surface area (Å²) in [4.78, 5) is 16.7. The van der Waals surface area contributed by atoms with E-state index >= 15 is 0 Å². The standard InChI is InChI=1S/C25H25N7/c1-2-4-16(3-1)11-27-12-17-9-19(14-28-13-17)18-5-6-21-20(10-18)24(32-31-21)25-29-22-7-8-26-15-23(22)30-25/h5-10,13-16,27H,1-4,11-12H2,(H,29,30)(H,31,32). The number of hydrogen-bond acceptors (Lipinski definition) is 5. The summed E-state index contributed by atoms with van der Waals surface area (Å²) in [5.41, 5.74) is 6.99. The van der Waals surface area contributed by atoms with Gasteiger partial charge in [-0.1, -0.05) is 18.9 Å². The van der Waals surface area contributed by atoms with Crippen molar-refractivity contribution in [3.05, 3.63) is 60.7 Å². The minimum atomic E-state index is 0.736. The largest absolute Gasteiger partial charge is 0.335 e. The molecule has 1 aromatic carbocycles. The van der Waals surface area contributed by atoms with E-state index < -0.39 is 0 Å². The van der Waals surface area contributed by atoms with E-state index in [-0.39, 0.29) is 0 Å². The quantitative estimate of drug-likeness (QED) is 0.363. The summed E-state index contributed by atoms with van der Waals surface area (Å²) in [5.74, 6) is 1.57. The van der Waals surface area contributed by atoms with Crippen molar-refractivity contribution in [3.8, 4) is 22.6 Å². The van der Waals surface area contributed by atoms with Gasteiger partial charge in [-0.2, -0.15) is 5.10 Å². The van der Waals surface area contributed by atoms with E-state index in [1.54, 1.807) is 12.4 Å². The Bertz CT molecular complexity index is 1340. The number of aromatic nitrogens is 6. The number of nitrogens with one attached hydrogen (secondary N) is 3. The zero-order valence-corrected chi connectivity index (χ0v) is 17.8. The Kier molecular flexibility index (Phi) is 4.88. The van der Waals surface area contributed by atoms with Crippen molar-refractivity contribution in [2.45, 2.75) is 32.2 Å². The van der Waals surface area contributed by atoms with E-state index in [1.165, 1.54) is 31.2 Å². The topological polar surface area (TPSA) is 95.2 Å². The Morgan fingerprint density at radius 2 is 1.88 bits per heavy atom. The average Bonchev–Trinajstić information content (AvgIpc) is 3.58. The van der Waals surface area contributed by atoms with Gasteiger partial charge in [0.1, 0.15) is 5.69 Å². The third-order valence-corrected chi connectivity index (χ3v) is 6.44. The zero-order chi connectivity index (χ0) is 21.3. The smallest absolute Gasteiger partial charge is 0.159 e. The summed E-state index contributed by atoms with van der Waals surface area (Å²) >= 11 is 0. The van der Waals surface area contributed by atoms with Crippen LogP contribution in [0.25, 0.3) is 44.6 Å². The van der Waals surface area contributed by atoms with Gasteiger partial charge in [-0.05, 0) is 60.7 Å². The number of pyridine rings is 2. The van der Waals surface area contributed by atoms with Gasteiger partial charge in [-0.15, -0.1) is 0 Å². The number of H-pyrrole nitrogens is 2. The highest BCUT2D eigenvalue weighted by molar-refractivity contribution is 5.95. The molecular formula is C25H25N7. The van der Waals surface area contributed by atoms with Crippen molar-refractivity contribution < 1.29 is 0 Å². The first-order valence-corrected chi connectivity index (χ1v) is 11.3. The van der Waals surface area contributed by atoms with E-state index in [4.69, 9.17) is 0 Å². The molecule has 3 N–H and O–H groups in total. The van der Waals surface area contributed by atoms with Crippen LogP contribution in [0, 0.1) is 5.92 Å². The third kappa shape index (κ3) is 3.65. The van der Waals surface area contributed by atoms with Gasteiger partial charge < -0.3 is 10.3 Å². The highest BCUT2D eigenvalue weighted by Gasteiger charge is 2.15. The monoisotopic (exact) mass is 423 g/mol. The van der Waals surface area contributed by atoms with Crippen molar-refractivity contribution in [1.82, 2.24) is 35.5 Å². The predicted molar refractivity (Wildman–Crippen MR) is 126 cm³/mol. The van der Waals surface area contributed by atoms with Gasteiger partial charge in [0.2, 0.25) is 0 Å². The minimum absolute atomic E-state index is 0.736. The van der Waals surface area contributed by atoms with Gasteiger partial charge in [0, 0.05) is 36.1 Å². The normalized spacial score (nSPS) is 14.6. The lowest BCUT2D eigenvalue weighted by molar-refractivity contribution is 0.489. The molecule has 0 bridgehead atoms. The molecule has 0 aliphatic heterocycles. The number of rotatable bonds is 6. The van der Waals surface area contributed by atoms with E-state index in [0.717, 1.165) is 63.6 Å². The first kappa shape index (κ1) is 19.1. The molecule has 4 aromatic heterocycles. The van der Waals surface area contributed by atoms with Gasteiger partial charge in [0.25, 0.3) is 0 Å². The summed E-state index contributed by atoms with van der Waals surface area (Å²) < 4.78 is 0. The van der Waals surface area contributed by atoms with Crippen LogP contribution in [-0.2, 0) is 6.54 Å². The Morgan fingerprint density at radius 3 is 2.78 bits per heavy atom. The fourth-order valence-corrected chi connectivity index (χ4v) is 4.72. The molecule has 7 nitrogen and oxygen atoms in total. The first-order chi connectivity index (χ1) is 15.8. The molecule has 6 rings (SSSR count). The van der Waals surface area contributed by atoms with Crippen LogP contribution in [0.5, 0.6) is 0 Å². The van der Waals surface area contributed by atoms with Crippen LogP contribution in [0.1, 0.15) is 31.2 Å². The van der Waals surface area contributed by atoms with Crippen LogP contribution < -0.4 is 5.32 Å². The number of fused-ring (bicyclic) bond motifs is 2. The molecule has 0 atom stereocenters. The average molecular weight is 424 g/mol. The van der Waals surface area contributed by atoms with Crippen molar-refractivity contribution in [1.29, 1.82) is 0 Å². The molecule has 1 aliphatic carbocycles. The number of imidazole rings is 1. The van der Waals surface area contributed by atoms with E-state index in [2.05, 4.69) is 59.7 Å². The third-order valence-electron chi connectivity index (χ3n) is 6.44. The molecule has 32 heavy (non-hydrogen) atoms. The zero-order valence-electron chi connectivity index (χ0n) is 17.8. The second kappa shape index (κ2) is 8.16. The molecule has 1 saturated carbocycles. The van der Waals surface area contributed by atoms with E-state index in [9.17, 15) is 0 Å². The van der Waals surface area contributed by atoms with E-state index in [1.807, 2.05) is 18.5 Å². The maximum absolute atomic E-state index is 4.69. The van der Waals surface area contributed by atoms with Crippen LogP contribution >= 0.6 is 0 Å². The number of benzene rings is 1. The molecule has 0 spiro atoms. The van der Waals surface area contributed by atoms with Crippen LogP contribution in [0.15, 0.2) is 55.1 Å². The maximum atomic E-state index is 4.69. The molecule has 0 amide bonds. The lowest BCUT2D eigenvalue weighted by atomic mass is 10.0. The fourth-order valence-electron chi connectivity index (χ4n) is 4.72. The van der Waals surface area contributed by atoms with Gasteiger partial charge in [-0.25, -0.2) is 4.98 Å². The highest BCUT2D eigenvalue weighted by atomic mass is 15.1. The molecule has 1 fully saturated rings. The van der Waals surface area contributed by atoms with Crippen molar-refractivity contribution in [2.24, 2.45) is 5.92 Å². The molecular weight excluding hydrogens is 398 g/mol. The molecule has 1 aliphatic rings. The number of nitrogens with zero attached hydrogens (tertiary/aromatic N) is 4. The second-order valence-electron chi connectivity index (χ2n) is 8.67. The minimum Gasteiger partial charge on any atom is -0.335 e. The van der Waals surface area contributed by atoms with Crippen LogP contribution in [0.3, 0.4) is 0 Å². The molecule has 160 valence electrons. The highest BCUT2D eigenvalue weighted by Crippen LogP contribution is 2.30.